The normalized spacial score (nSPS) is 20.1. The molecular weight excluding hydrogens is 170 g/mol. The predicted molar refractivity (Wildman–Crippen MR) is 63.1 cm³/mol. The van der Waals surface area contributed by atoms with E-state index >= 15 is 0 Å². The van der Waals surface area contributed by atoms with E-state index in [0.29, 0.717) is 10.8 Å². The number of rotatable bonds is 3. The molecule has 0 aliphatic carbocycles. The number of allylic oxidation sites excluding steroid dienone is 1. The molecule has 80 valence electrons. The fourth-order valence-electron chi connectivity index (χ4n) is 1.90. The Kier molecular flexibility index (Phi) is 2.80. The molecule has 0 saturated carbocycles. The van der Waals surface area contributed by atoms with E-state index in [4.69, 9.17) is 0 Å². The summed E-state index contributed by atoms with van der Waals surface area (Å²) in [5.74, 6) is 0. The van der Waals surface area contributed by atoms with Gasteiger partial charge in [0.15, 0.2) is 0 Å². The molecule has 0 atom stereocenters. The number of nitrogens with zero attached hydrogens (tertiary/aromatic N) is 1. The van der Waals surface area contributed by atoms with Gasteiger partial charge in [-0.05, 0) is 11.8 Å². The molecule has 1 heteroatoms. The minimum atomic E-state index is 0.320. The summed E-state index contributed by atoms with van der Waals surface area (Å²) in [6.07, 6.45) is 3.15. The van der Waals surface area contributed by atoms with Crippen molar-refractivity contribution < 1.29 is 0 Å². The molecule has 0 N–H and O–H groups in total. The Bertz CT molecular complexity index is 238. The Hall–Kier alpha value is -0.720. The summed E-state index contributed by atoms with van der Waals surface area (Å²) in [5, 5.41) is 0. The topological polar surface area (TPSA) is 3.24 Å². The highest BCUT2D eigenvalue weighted by atomic mass is 15.2. The maximum Gasteiger partial charge on any atom is 0.0280 e. The minimum Gasteiger partial charge on any atom is -0.373 e. The molecule has 1 aliphatic heterocycles. The molecule has 0 radical (unpaired) electrons. The van der Waals surface area contributed by atoms with Gasteiger partial charge in [-0.1, -0.05) is 40.3 Å². The van der Waals surface area contributed by atoms with E-state index < -0.39 is 0 Å². The highest BCUT2D eigenvalue weighted by Gasteiger charge is 2.36. The minimum absolute atomic E-state index is 0.320. The molecule has 1 aliphatic rings. The van der Waals surface area contributed by atoms with Crippen LogP contribution in [0.15, 0.2) is 24.9 Å². The first kappa shape index (κ1) is 11.4. The first-order valence-corrected chi connectivity index (χ1v) is 5.32. The molecule has 0 bridgehead atoms. The van der Waals surface area contributed by atoms with E-state index in [-0.39, 0.29) is 0 Å². The summed E-state index contributed by atoms with van der Waals surface area (Å²) in [4.78, 5) is 2.37. The Morgan fingerprint density at radius 2 is 1.93 bits per heavy atom. The second-order valence-corrected chi connectivity index (χ2v) is 6.02. The van der Waals surface area contributed by atoms with Crippen LogP contribution < -0.4 is 0 Å². The lowest BCUT2D eigenvalue weighted by atomic mass is 9.80. The third-order valence-corrected chi connectivity index (χ3v) is 2.78. The third kappa shape index (κ3) is 2.63. The molecule has 0 aromatic heterocycles. The van der Waals surface area contributed by atoms with Crippen LogP contribution in [0.5, 0.6) is 0 Å². The lowest BCUT2D eigenvalue weighted by Gasteiger charge is -2.49. The first-order chi connectivity index (χ1) is 6.26. The van der Waals surface area contributed by atoms with Gasteiger partial charge in [0.05, 0.1) is 0 Å². The molecule has 0 aromatic rings. The van der Waals surface area contributed by atoms with Crippen LogP contribution in [-0.4, -0.2) is 18.0 Å². The maximum atomic E-state index is 4.15. The molecule has 0 spiro atoms. The van der Waals surface area contributed by atoms with E-state index in [1.807, 2.05) is 0 Å². The van der Waals surface area contributed by atoms with Gasteiger partial charge >= 0.3 is 0 Å². The Balaban J connectivity index is 2.41. The van der Waals surface area contributed by atoms with Crippen LogP contribution in [-0.2, 0) is 0 Å². The molecule has 0 amide bonds. The highest BCUT2D eigenvalue weighted by molar-refractivity contribution is 5.11. The maximum absolute atomic E-state index is 4.15. The standard InChI is InChI=1S/C13H23N/c1-7-13(6)9-14(10-13)11(2)8-12(3,4)5/h7H,1-2,8-10H2,3-6H3. The summed E-state index contributed by atoms with van der Waals surface area (Å²) in [5.41, 5.74) is 1.94. The molecule has 1 fully saturated rings. The largest absolute Gasteiger partial charge is 0.373 e. The van der Waals surface area contributed by atoms with Crippen molar-refractivity contribution >= 4 is 0 Å². The van der Waals surface area contributed by atoms with Gasteiger partial charge in [-0.3, -0.25) is 0 Å². The number of likely N-dealkylation sites (tertiary alicyclic amines) is 1. The zero-order valence-corrected chi connectivity index (χ0v) is 10.1. The summed E-state index contributed by atoms with van der Waals surface area (Å²) >= 11 is 0. The van der Waals surface area contributed by atoms with Gasteiger partial charge in [-0.2, -0.15) is 0 Å². The second kappa shape index (κ2) is 3.45. The Labute approximate surface area is 88.5 Å². The van der Waals surface area contributed by atoms with Crippen molar-refractivity contribution in [3.05, 3.63) is 24.9 Å². The molecule has 0 aromatic carbocycles. The first-order valence-electron chi connectivity index (χ1n) is 5.32. The zero-order valence-electron chi connectivity index (χ0n) is 10.1. The smallest absolute Gasteiger partial charge is 0.0280 e. The van der Waals surface area contributed by atoms with Crippen LogP contribution in [0.4, 0.5) is 0 Å². The number of hydrogen-bond donors (Lipinski definition) is 0. The lowest BCUT2D eigenvalue weighted by Crippen LogP contribution is -2.52. The SMILES string of the molecule is C=CC1(C)CN(C(=C)CC(C)(C)C)C1. The zero-order chi connectivity index (χ0) is 11.0. The van der Waals surface area contributed by atoms with Crippen molar-refractivity contribution in [3.8, 4) is 0 Å². The average Bonchev–Trinajstić information content (AvgIpc) is 1.95. The molecule has 1 rings (SSSR count). The van der Waals surface area contributed by atoms with Crippen molar-refractivity contribution in [3.63, 3.8) is 0 Å². The van der Waals surface area contributed by atoms with Gasteiger partial charge < -0.3 is 4.90 Å². The van der Waals surface area contributed by atoms with Crippen LogP contribution in [0.25, 0.3) is 0 Å². The summed E-state index contributed by atoms with van der Waals surface area (Å²) < 4.78 is 0. The molecular formula is C13H23N. The van der Waals surface area contributed by atoms with E-state index in [9.17, 15) is 0 Å². The van der Waals surface area contributed by atoms with Crippen molar-refractivity contribution in [1.29, 1.82) is 0 Å². The monoisotopic (exact) mass is 193 g/mol. The molecule has 1 heterocycles. The fraction of sp³-hybridized carbons (Fsp3) is 0.692. The summed E-state index contributed by atoms with van der Waals surface area (Å²) in [7, 11) is 0. The number of hydrogen-bond acceptors (Lipinski definition) is 1. The van der Waals surface area contributed by atoms with Gasteiger partial charge in [-0.15, -0.1) is 6.58 Å². The highest BCUT2D eigenvalue weighted by Crippen LogP contribution is 2.36. The Morgan fingerprint density at radius 3 is 2.29 bits per heavy atom. The van der Waals surface area contributed by atoms with Crippen LogP contribution >= 0.6 is 0 Å². The van der Waals surface area contributed by atoms with E-state index in [1.54, 1.807) is 0 Å². The summed E-state index contributed by atoms with van der Waals surface area (Å²) in [6, 6.07) is 0. The quantitative estimate of drug-likeness (QED) is 0.621. The van der Waals surface area contributed by atoms with Crippen LogP contribution in [0, 0.1) is 10.8 Å². The Morgan fingerprint density at radius 1 is 1.43 bits per heavy atom. The van der Waals surface area contributed by atoms with Crippen LogP contribution in [0.3, 0.4) is 0 Å². The molecule has 1 nitrogen and oxygen atoms in total. The van der Waals surface area contributed by atoms with E-state index in [2.05, 4.69) is 51.8 Å². The van der Waals surface area contributed by atoms with E-state index in [0.717, 1.165) is 19.5 Å². The van der Waals surface area contributed by atoms with Gasteiger partial charge in [0, 0.05) is 24.2 Å². The average molecular weight is 193 g/mol. The van der Waals surface area contributed by atoms with Gasteiger partial charge in [-0.25, -0.2) is 0 Å². The van der Waals surface area contributed by atoms with Gasteiger partial charge in [0.1, 0.15) is 0 Å². The van der Waals surface area contributed by atoms with E-state index in [1.165, 1.54) is 5.70 Å². The third-order valence-electron chi connectivity index (χ3n) is 2.78. The lowest BCUT2D eigenvalue weighted by molar-refractivity contribution is 0.0814. The van der Waals surface area contributed by atoms with Gasteiger partial charge in [0.25, 0.3) is 0 Å². The van der Waals surface area contributed by atoms with Gasteiger partial charge in [0.2, 0.25) is 0 Å². The van der Waals surface area contributed by atoms with Crippen LogP contribution in [0.1, 0.15) is 34.1 Å². The molecule has 1 saturated heterocycles. The van der Waals surface area contributed by atoms with Crippen molar-refractivity contribution in [2.24, 2.45) is 10.8 Å². The molecule has 0 unspecified atom stereocenters. The second-order valence-electron chi connectivity index (χ2n) is 6.02. The van der Waals surface area contributed by atoms with Crippen molar-refractivity contribution in [2.75, 3.05) is 13.1 Å². The van der Waals surface area contributed by atoms with Crippen LogP contribution in [0.2, 0.25) is 0 Å². The van der Waals surface area contributed by atoms with Crippen molar-refractivity contribution in [2.45, 2.75) is 34.1 Å². The predicted octanol–water partition coefficient (Wildman–Crippen LogP) is 3.44. The summed E-state index contributed by atoms with van der Waals surface area (Å²) in [6.45, 7) is 19.2. The fourth-order valence-corrected chi connectivity index (χ4v) is 1.90. The molecule has 14 heavy (non-hydrogen) atoms. The van der Waals surface area contributed by atoms with Crippen molar-refractivity contribution in [1.82, 2.24) is 4.90 Å².